The second-order valence-electron chi connectivity index (χ2n) is 9.38. The Kier molecular flexibility index (Phi) is 8.76. The van der Waals surface area contributed by atoms with E-state index in [9.17, 15) is 13.2 Å². The van der Waals surface area contributed by atoms with Crippen LogP contribution in [0.1, 0.15) is 29.8 Å². The molecular weight excluding hydrogens is 579 g/mol. The number of amides is 1. The van der Waals surface area contributed by atoms with Crippen LogP contribution in [-0.2, 0) is 15.4 Å². The molecule has 4 aromatic rings. The number of carbonyl (C=O) groups excluding carboxylic acids is 1. The molecule has 0 aromatic heterocycles. The molecule has 0 saturated carbocycles. The summed E-state index contributed by atoms with van der Waals surface area (Å²) in [7, 11) is -4.04. The van der Waals surface area contributed by atoms with Crippen LogP contribution in [0.25, 0.3) is 0 Å². The Morgan fingerprint density at radius 1 is 0.846 bits per heavy atom. The first-order valence-corrected chi connectivity index (χ1v) is 14.5. The topological polar surface area (TPSA) is 84.5 Å². The fourth-order valence-electron chi connectivity index (χ4n) is 3.75. The number of ether oxygens (including phenoxy) is 1. The molecule has 0 aliphatic rings. The van der Waals surface area contributed by atoms with Gasteiger partial charge in [-0.05, 0) is 72.3 Å². The van der Waals surface area contributed by atoms with E-state index in [0.717, 1.165) is 5.56 Å². The van der Waals surface area contributed by atoms with Crippen LogP contribution in [-0.4, -0.2) is 20.9 Å². The summed E-state index contributed by atoms with van der Waals surface area (Å²) in [6.07, 6.45) is 0. The van der Waals surface area contributed by atoms with Gasteiger partial charge in [-0.15, -0.1) is 0 Å². The van der Waals surface area contributed by atoms with Gasteiger partial charge in [0.15, 0.2) is 0 Å². The van der Waals surface area contributed by atoms with Gasteiger partial charge in [-0.25, -0.2) is 8.42 Å². The highest BCUT2D eigenvalue weighted by molar-refractivity contribution is 7.92. The first-order chi connectivity index (χ1) is 18.4. The average Bonchev–Trinajstić information content (AvgIpc) is 2.90. The van der Waals surface area contributed by atoms with Gasteiger partial charge in [0.1, 0.15) is 11.5 Å². The van der Waals surface area contributed by atoms with Crippen molar-refractivity contribution in [1.82, 2.24) is 5.32 Å². The Morgan fingerprint density at radius 3 is 2.23 bits per heavy atom. The van der Waals surface area contributed by atoms with Gasteiger partial charge in [0.25, 0.3) is 15.9 Å². The molecule has 0 spiro atoms. The van der Waals surface area contributed by atoms with Crippen molar-refractivity contribution in [1.29, 1.82) is 0 Å². The molecule has 0 radical (unpaired) electrons. The number of hydrogen-bond donors (Lipinski definition) is 2. The molecule has 0 fully saturated rings. The normalized spacial score (nSPS) is 11.6. The molecule has 0 bridgehead atoms. The predicted molar refractivity (Wildman–Crippen MR) is 157 cm³/mol. The van der Waals surface area contributed by atoms with Gasteiger partial charge in [-0.2, -0.15) is 0 Å². The van der Waals surface area contributed by atoms with Gasteiger partial charge in [0.2, 0.25) is 0 Å². The molecule has 0 saturated heterocycles. The zero-order valence-electron chi connectivity index (χ0n) is 21.0. The third-order valence-corrected chi connectivity index (χ3v) is 8.13. The van der Waals surface area contributed by atoms with Crippen LogP contribution in [0, 0.1) is 0 Å². The van der Waals surface area contributed by atoms with Crippen LogP contribution in [0.4, 0.5) is 5.69 Å². The second-order valence-corrected chi connectivity index (χ2v) is 12.3. The zero-order chi connectivity index (χ0) is 28.2. The summed E-state index contributed by atoms with van der Waals surface area (Å²) >= 11 is 18.4. The van der Waals surface area contributed by atoms with Crippen LogP contribution in [0.3, 0.4) is 0 Å². The molecule has 4 aromatic carbocycles. The van der Waals surface area contributed by atoms with Gasteiger partial charge < -0.3 is 10.1 Å². The van der Waals surface area contributed by atoms with Crippen LogP contribution in [0.2, 0.25) is 15.1 Å². The highest BCUT2D eigenvalue weighted by Crippen LogP contribution is 2.30. The monoisotopic (exact) mass is 602 g/mol. The fourth-order valence-corrected chi connectivity index (χ4v) is 5.36. The van der Waals surface area contributed by atoms with E-state index in [1.165, 1.54) is 42.5 Å². The van der Waals surface area contributed by atoms with Gasteiger partial charge in [-0.3, -0.25) is 9.52 Å². The van der Waals surface area contributed by atoms with Crippen molar-refractivity contribution in [2.24, 2.45) is 0 Å². The van der Waals surface area contributed by atoms with Gasteiger partial charge in [-0.1, -0.05) is 72.9 Å². The SMILES string of the molecule is CC(C)(CNC(=O)c1cc(Cl)ccc1NS(=O)(=O)c1ccc(Oc2ccccc2Cl)cc1)c1cccc(Cl)c1. The molecule has 1 amide bonds. The third-order valence-electron chi connectivity index (χ3n) is 5.97. The lowest BCUT2D eigenvalue weighted by atomic mass is 9.84. The number of halogens is 3. The van der Waals surface area contributed by atoms with E-state index in [-0.39, 0.29) is 22.7 Å². The van der Waals surface area contributed by atoms with Crippen molar-refractivity contribution >= 4 is 56.4 Å². The molecule has 0 aliphatic carbocycles. The minimum absolute atomic E-state index is 0.0163. The molecule has 0 atom stereocenters. The predicted octanol–water partition coefficient (Wildman–Crippen LogP) is 7.95. The lowest BCUT2D eigenvalue weighted by Crippen LogP contribution is -2.37. The fraction of sp³-hybridized carbons (Fsp3) is 0.138. The lowest BCUT2D eigenvalue weighted by molar-refractivity contribution is 0.0946. The first-order valence-electron chi connectivity index (χ1n) is 11.8. The number of carbonyl (C=O) groups is 1. The molecule has 6 nitrogen and oxygen atoms in total. The molecule has 2 N–H and O–H groups in total. The van der Waals surface area contributed by atoms with Gasteiger partial charge in [0.05, 0.1) is 21.2 Å². The Morgan fingerprint density at radius 2 is 1.54 bits per heavy atom. The summed E-state index contributed by atoms with van der Waals surface area (Å²) in [5.41, 5.74) is 0.692. The molecular formula is C29H25Cl3N2O4S. The number of sulfonamides is 1. The van der Waals surface area contributed by atoms with E-state index in [1.807, 2.05) is 32.0 Å². The summed E-state index contributed by atoms with van der Waals surface area (Å²) in [6, 6.07) is 24.6. The largest absolute Gasteiger partial charge is 0.456 e. The summed E-state index contributed by atoms with van der Waals surface area (Å²) in [5, 5.41) is 4.20. The number of hydrogen-bond acceptors (Lipinski definition) is 4. The lowest BCUT2D eigenvalue weighted by Gasteiger charge is -2.26. The van der Waals surface area contributed by atoms with Crippen molar-refractivity contribution in [3.63, 3.8) is 0 Å². The van der Waals surface area contributed by atoms with Gasteiger partial charge >= 0.3 is 0 Å². The van der Waals surface area contributed by atoms with Crippen molar-refractivity contribution < 1.29 is 17.9 Å². The average molecular weight is 604 g/mol. The van der Waals surface area contributed by atoms with Crippen molar-refractivity contribution in [2.75, 3.05) is 11.3 Å². The molecule has 0 aliphatic heterocycles. The first kappa shape index (κ1) is 28.8. The maximum absolute atomic E-state index is 13.2. The molecule has 0 heterocycles. The van der Waals surface area contributed by atoms with E-state index >= 15 is 0 Å². The summed E-state index contributed by atoms with van der Waals surface area (Å²) in [5.74, 6) is 0.382. The summed E-state index contributed by atoms with van der Waals surface area (Å²) in [6.45, 7) is 4.22. The second kappa shape index (κ2) is 11.9. The third kappa shape index (κ3) is 7.25. The summed E-state index contributed by atoms with van der Waals surface area (Å²) in [4.78, 5) is 13.2. The van der Waals surface area contributed by atoms with Crippen molar-refractivity contribution in [2.45, 2.75) is 24.2 Å². The Bertz CT molecular complexity index is 1610. The maximum Gasteiger partial charge on any atom is 0.261 e. The highest BCUT2D eigenvalue weighted by atomic mass is 35.5. The van der Waals surface area contributed by atoms with Crippen LogP contribution in [0.5, 0.6) is 11.5 Å². The van der Waals surface area contributed by atoms with E-state index in [2.05, 4.69) is 10.0 Å². The quantitative estimate of drug-likeness (QED) is 0.203. The Balaban J connectivity index is 1.50. The standard InChI is InChI=1S/C29H25Cl3N2O4S/c1-29(2,19-6-5-7-20(30)16-19)18-33-28(35)24-17-21(31)10-15-26(24)34-39(36,37)23-13-11-22(12-14-23)38-27-9-4-3-8-25(27)32/h3-17,34H,18H2,1-2H3,(H,33,35). The smallest absolute Gasteiger partial charge is 0.261 e. The molecule has 10 heteroatoms. The van der Waals surface area contributed by atoms with Crippen LogP contribution in [0.15, 0.2) is 95.9 Å². The minimum Gasteiger partial charge on any atom is -0.456 e. The summed E-state index contributed by atoms with van der Waals surface area (Å²) < 4.78 is 34.6. The molecule has 4 rings (SSSR count). The molecule has 202 valence electrons. The minimum atomic E-state index is -4.04. The number of anilines is 1. The van der Waals surface area contributed by atoms with E-state index in [1.54, 1.807) is 30.3 Å². The Hall–Kier alpha value is -3.23. The Labute approximate surface area is 242 Å². The van der Waals surface area contributed by atoms with E-state index < -0.39 is 21.3 Å². The number of benzene rings is 4. The molecule has 39 heavy (non-hydrogen) atoms. The van der Waals surface area contributed by atoms with Crippen molar-refractivity contribution in [3.8, 4) is 11.5 Å². The maximum atomic E-state index is 13.2. The number of para-hydroxylation sites is 1. The highest BCUT2D eigenvalue weighted by Gasteiger charge is 2.24. The van der Waals surface area contributed by atoms with Crippen LogP contribution >= 0.6 is 34.8 Å². The number of nitrogens with one attached hydrogen (secondary N) is 2. The number of rotatable bonds is 9. The molecule has 0 unspecified atom stereocenters. The zero-order valence-corrected chi connectivity index (χ0v) is 24.1. The van der Waals surface area contributed by atoms with E-state index in [0.29, 0.717) is 26.6 Å². The van der Waals surface area contributed by atoms with E-state index in [4.69, 9.17) is 39.5 Å². The van der Waals surface area contributed by atoms with Gasteiger partial charge in [0, 0.05) is 22.0 Å². The van der Waals surface area contributed by atoms with Crippen molar-refractivity contribution in [3.05, 3.63) is 117 Å². The van der Waals surface area contributed by atoms with Crippen LogP contribution < -0.4 is 14.8 Å².